The van der Waals surface area contributed by atoms with E-state index in [2.05, 4.69) is 10.3 Å². The molecule has 5 aromatic carbocycles. The van der Waals surface area contributed by atoms with Gasteiger partial charge in [-0.05, 0) is 87.5 Å². The van der Waals surface area contributed by atoms with Gasteiger partial charge in [0.1, 0.15) is 43.4 Å². The van der Waals surface area contributed by atoms with E-state index in [1.807, 2.05) is 9.97 Å². The summed E-state index contributed by atoms with van der Waals surface area (Å²) in [6, 6.07) is 44.0. The van der Waals surface area contributed by atoms with Crippen LogP contribution in [0.4, 0.5) is 19.0 Å². The van der Waals surface area contributed by atoms with Gasteiger partial charge >= 0.3 is 40.9 Å². The predicted octanol–water partition coefficient (Wildman–Crippen LogP) is 4.96. The number of rotatable bonds is 16. The summed E-state index contributed by atoms with van der Waals surface area (Å²) in [7, 11) is 0. The van der Waals surface area contributed by atoms with Crippen molar-refractivity contribution in [2.45, 2.75) is 93.1 Å². The number of amides is 1. The molecule has 3 aliphatic heterocycles. The Bertz CT molecular complexity index is 4290. The molecule has 6 heterocycles. The Hall–Kier alpha value is -10.7. The number of esters is 4. The molecule has 5 N–H and O–H groups in total. The number of aliphatic hydroxyl groups is 2. The number of ether oxygens (including phenoxy) is 7. The molecule has 12 atom stereocenters. The number of aliphatic hydroxyl groups excluding tert-OH is 2. The van der Waals surface area contributed by atoms with E-state index < -0.39 is 150 Å². The Kier molecular flexibility index (Phi) is 21.1. The minimum absolute atomic E-state index is 0.0518. The van der Waals surface area contributed by atoms with E-state index in [1.54, 1.807) is 127 Å². The van der Waals surface area contributed by atoms with Crippen molar-refractivity contribution in [2.75, 3.05) is 25.1 Å². The fraction of sp³-hybridized carbons (Fsp3) is 0.277. The summed E-state index contributed by atoms with van der Waals surface area (Å²) in [5.41, 5.74) is -9.85. The molecule has 490 valence electrons. The van der Waals surface area contributed by atoms with Crippen LogP contribution in [-0.4, -0.2) is 142 Å². The van der Waals surface area contributed by atoms with Crippen LogP contribution in [-0.2, 0) is 33.2 Å². The Morgan fingerprint density at radius 1 is 0.489 bits per heavy atom. The molecule has 8 aromatic rings. The minimum Gasteiger partial charge on any atom is -0.459 e. The Balaban J connectivity index is 0.000000179. The van der Waals surface area contributed by atoms with E-state index in [1.165, 1.54) is 36.5 Å². The van der Waals surface area contributed by atoms with Crippen LogP contribution < -0.4 is 33.5 Å². The number of H-pyrrole nitrogens is 2. The zero-order valence-corrected chi connectivity index (χ0v) is 50.0. The second-order valence-corrected chi connectivity index (χ2v) is 21.8. The summed E-state index contributed by atoms with van der Waals surface area (Å²) < 4.78 is 87.9. The molecular formula is C65H60F3N7O19. The summed E-state index contributed by atoms with van der Waals surface area (Å²) in [5, 5.41) is 21.1. The van der Waals surface area contributed by atoms with Gasteiger partial charge in [-0.25, -0.2) is 46.7 Å². The molecule has 0 unspecified atom stereocenters. The molecule has 94 heavy (non-hydrogen) atoms. The lowest BCUT2D eigenvalue weighted by Gasteiger charge is -2.27. The molecule has 3 fully saturated rings. The van der Waals surface area contributed by atoms with Crippen molar-refractivity contribution in [1.29, 1.82) is 0 Å². The van der Waals surface area contributed by atoms with Crippen molar-refractivity contribution in [3.05, 3.63) is 268 Å². The van der Waals surface area contributed by atoms with Gasteiger partial charge in [-0.1, -0.05) is 91.0 Å². The summed E-state index contributed by atoms with van der Waals surface area (Å²) >= 11 is 0. The van der Waals surface area contributed by atoms with Crippen molar-refractivity contribution in [3.8, 4) is 0 Å². The highest BCUT2D eigenvalue weighted by molar-refractivity contribution is 6.03. The summed E-state index contributed by atoms with van der Waals surface area (Å²) in [6.07, 6.45) is -9.49. The van der Waals surface area contributed by atoms with Crippen molar-refractivity contribution in [2.24, 2.45) is 0 Å². The highest BCUT2D eigenvalue weighted by Gasteiger charge is 2.60. The number of anilines is 1. The average molecular weight is 1300 g/mol. The van der Waals surface area contributed by atoms with Crippen LogP contribution in [0.2, 0.25) is 0 Å². The lowest BCUT2D eigenvalue weighted by Crippen LogP contribution is -2.46. The largest absolute Gasteiger partial charge is 0.459 e. The molecule has 0 radical (unpaired) electrons. The number of hydrogen-bond donors (Lipinski definition) is 5. The maximum absolute atomic E-state index is 16.5. The van der Waals surface area contributed by atoms with E-state index in [0.29, 0.717) is 5.56 Å². The maximum atomic E-state index is 16.5. The number of benzene rings is 5. The van der Waals surface area contributed by atoms with Crippen molar-refractivity contribution < 1.29 is 80.5 Å². The zero-order chi connectivity index (χ0) is 67.5. The third-order valence-corrected chi connectivity index (χ3v) is 15.1. The normalized spacial score (nSPS) is 25.0. The van der Waals surface area contributed by atoms with Crippen molar-refractivity contribution in [3.63, 3.8) is 0 Å². The summed E-state index contributed by atoms with van der Waals surface area (Å²) in [6.45, 7) is 1.80. The molecule has 26 nitrogen and oxygen atoms in total. The highest BCUT2D eigenvalue weighted by Crippen LogP contribution is 2.45. The maximum Gasteiger partial charge on any atom is 0.351 e. The van der Waals surface area contributed by atoms with E-state index in [9.17, 15) is 57.4 Å². The topological polar surface area (TPSA) is 347 Å². The van der Waals surface area contributed by atoms with Crippen LogP contribution in [0.5, 0.6) is 0 Å². The Labute approximate surface area is 529 Å². The van der Waals surface area contributed by atoms with Crippen LogP contribution in [0.1, 0.15) is 91.2 Å². The average Bonchev–Trinajstić information content (AvgIpc) is 1.62. The number of alkyl halides is 3. The van der Waals surface area contributed by atoms with Gasteiger partial charge in [-0.2, -0.15) is 4.98 Å². The molecule has 1 amide bonds. The molecule has 3 saturated heterocycles. The first-order valence-corrected chi connectivity index (χ1v) is 28.8. The smallest absolute Gasteiger partial charge is 0.351 e. The first-order chi connectivity index (χ1) is 44.9. The van der Waals surface area contributed by atoms with E-state index in [-0.39, 0.29) is 28.1 Å². The van der Waals surface area contributed by atoms with Gasteiger partial charge < -0.3 is 48.7 Å². The fourth-order valence-electron chi connectivity index (χ4n) is 10.2. The van der Waals surface area contributed by atoms with Crippen LogP contribution >= 0.6 is 0 Å². The van der Waals surface area contributed by atoms with Crippen molar-refractivity contribution >= 4 is 35.6 Å². The molecule has 11 rings (SSSR count). The third kappa shape index (κ3) is 15.4. The first-order valence-electron chi connectivity index (χ1n) is 28.8. The lowest BCUT2D eigenvalue weighted by molar-refractivity contribution is -0.0649. The molecule has 3 aromatic heterocycles. The van der Waals surface area contributed by atoms with E-state index >= 15 is 8.78 Å². The van der Waals surface area contributed by atoms with E-state index in [0.717, 1.165) is 59.0 Å². The molecule has 0 saturated carbocycles. The summed E-state index contributed by atoms with van der Waals surface area (Å²) in [4.78, 5) is 130. The Morgan fingerprint density at radius 2 is 0.830 bits per heavy atom. The standard InChI is InChI=1S/C31H26FN3O7.C24H21FN2O7.C10H13FN2O5/c1-31(32)25(42-28(38)22-15-9-4-10-16-22)23(19-40-27(37)21-13-7-3-8-14-21)41-29(31)35-18-17-24(34-30(35)39)33-26(36)20-11-5-2-6-12-20;1-24(25)19(34-21(30)16-10-6-3-7-11-16)17(14-32-20(29)15-8-4-2-5-9-15)33-22(24)27-13-12-18(28)26-23(27)31;1-10(11)7(16)5(4-14)18-8(10)13-3-2-6(15)12-9(13)17/h2-18,23,25,29H,19H2,1H3,(H,33,34,36,39);2-13,17,19,22H,14H2,1H3,(H,26,28,31);2-3,5,7-8,14,16H,4H2,1H3,(H,12,15,17)/t23-,25-,29-,31-;17-,19-,22-,24-;5-,7-,8-,10-/m111/s1. The van der Waals surface area contributed by atoms with Gasteiger partial charge in [0, 0.05) is 36.3 Å². The quantitative estimate of drug-likeness (QED) is 0.0630. The monoisotopic (exact) mass is 1300 g/mol. The van der Waals surface area contributed by atoms with Gasteiger partial charge in [0.25, 0.3) is 17.0 Å². The van der Waals surface area contributed by atoms with Gasteiger partial charge in [-0.3, -0.25) is 38.1 Å². The number of aromatic amines is 2. The minimum atomic E-state index is -2.46. The van der Waals surface area contributed by atoms with Gasteiger partial charge in [-0.15, -0.1) is 0 Å². The number of nitrogens with zero attached hydrogens (tertiary/aromatic N) is 4. The fourth-order valence-corrected chi connectivity index (χ4v) is 10.2. The first kappa shape index (κ1) is 67.7. The second kappa shape index (κ2) is 29.3. The Morgan fingerprint density at radius 3 is 1.19 bits per heavy atom. The van der Waals surface area contributed by atoms with Crippen LogP contribution in [0.3, 0.4) is 0 Å². The van der Waals surface area contributed by atoms with Crippen LogP contribution in [0, 0.1) is 0 Å². The van der Waals surface area contributed by atoms with Gasteiger partial charge in [0.05, 0.1) is 28.9 Å². The second-order valence-electron chi connectivity index (χ2n) is 21.8. The number of halogens is 3. The molecule has 0 aliphatic carbocycles. The molecule has 0 bridgehead atoms. The van der Waals surface area contributed by atoms with Gasteiger partial charge in [0.2, 0.25) is 0 Å². The number of aromatic nitrogens is 6. The lowest BCUT2D eigenvalue weighted by atomic mass is 9.98. The number of nitrogens with one attached hydrogen (secondary N) is 3. The number of carbonyl (C=O) groups excluding carboxylic acids is 5. The molecular weight excluding hydrogens is 1240 g/mol. The van der Waals surface area contributed by atoms with Gasteiger partial charge in [0.15, 0.2) is 47.9 Å². The van der Waals surface area contributed by atoms with E-state index in [4.69, 9.17) is 38.3 Å². The SMILES string of the molecule is C[C@@]1(F)[C@H](O)[C@@H](CO)O[C@H]1n1ccc(=O)[nH]c1=O.C[C@@]1(F)[C@H](OC(=O)c2ccccc2)[C@@H](COC(=O)c2ccccc2)O[C@H]1n1ccc(=O)[nH]c1=O.C[C@@]1(F)[C@H](OC(=O)c2ccccc2)[C@@H](COC(=O)c2ccccc2)O[C@H]1n1ccc(NC(=O)c2ccccc2)nc1=O. The highest BCUT2D eigenvalue weighted by atomic mass is 19.2. The van der Waals surface area contributed by atoms with Crippen molar-refractivity contribution in [1.82, 2.24) is 28.7 Å². The molecule has 0 spiro atoms. The third-order valence-electron chi connectivity index (χ3n) is 15.1. The molecule has 3 aliphatic rings. The number of hydrogen-bond acceptors (Lipinski definition) is 20. The number of carbonyl (C=O) groups is 5. The zero-order valence-electron chi connectivity index (χ0n) is 50.0. The van der Waals surface area contributed by atoms with Crippen LogP contribution in [0.25, 0.3) is 0 Å². The van der Waals surface area contributed by atoms with Crippen LogP contribution in [0.15, 0.2) is 212 Å². The molecule has 29 heteroatoms. The predicted molar refractivity (Wildman–Crippen MR) is 324 cm³/mol. The summed E-state index contributed by atoms with van der Waals surface area (Å²) in [5.74, 6) is -3.54.